The molecule has 2 heterocycles. The Kier molecular flexibility index (Phi) is 7.60. The minimum absolute atomic E-state index is 0.158. The second kappa shape index (κ2) is 10.6. The van der Waals surface area contributed by atoms with Crippen LogP contribution in [-0.2, 0) is 6.42 Å². The summed E-state index contributed by atoms with van der Waals surface area (Å²) in [6, 6.07) is 7.17. The summed E-state index contributed by atoms with van der Waals surface area (Å²) >= 11 is 1.62. The Balaban J connectivity index is 1.60. The van der Waals surface area contributed by atoms with Crippen LogP contribution in [0.15, 0.2) is 36.9 Å². The van der Waals surface area contributed by atoms with E-state index < -0.39 is 0 Å². The Morgan fingerprint density at radius 3 is 2.42 bits per heavy atom. The highest BCUT2D eigenvalue weighted by Crippen LogP contribution is 2.42. The number of hydrogen-bond acceptors (Lipinski definition) is 3. The third kappa shape index (κ3) is 5.28. The standard InChI is InChI=1S/C27H34FNOS/c1-2-16-29-17-15-21-18-25(31-27(21)23-14-13-22(28)19-24(23)29)26(30)20-11-9-7-5-3-4-6-8-10-12-20/h2,13-14,18-20H,1,3-12,15-17H2. The molecule has 1 fully saturated rings. The number of halogens is 1. The summed E-state index contributed by atoms with van der Waals surface area (Å²) in [5.74, 6) is 0.274. The molecule has 1 aliphatic heterocycles. The van der Waals surface area contributed by atoms with Crippen LogP contribution in [0, 0.1) is 11.7 Å². The van der Waals surface area contributed by atoms with Crippen molar-refractivity contribution in [3.63, 3.8) is 0 Å². The number of carbonyl (C=O) groups excluding carboxylic acids is 1. The summed E-state index contributed by atoms with van der Waals surface area (Å²) in [6.45, 7) is 5.36. The molecule has 0 N–H and O–H groups in total. The predicted octanol–water partition coefficient (Wildman–Crippen LogP) is 7.82. The van der Waals surface area contributed by atoms with Crippen molar-refractivity contribution >= 4 is 22.8 Å². The zero-order chi connectivity index (χ0) is 21.6. The van der Waals surface area contributed by atoms with Gasteiger partial charge in [-0.2, -0.15) is 0 Å². The van der Waals surface area contributed by atoms with Gasteiger partial charge in [-0.3, -0.25) is 4.79 Å². The van der Waals surface area contributed by atoms with Crippen LogP contribution >= 0.6 is 11.3 Å². The first-order valence-corrected chi connectivity index (χ1v) is 12.8. The summed E-state index contributed by atoms with van der Waals surface area (Å²) in [6.07, 6.45) is 14.9. The third-order valence-electron chi connectivity index (χ3n) is 6.82. The van der Waals surface area contributed by atoms with Crippen molar-refractivity contribution in [1.29, 1.82) is 0 Å². The fourth-order valence-electron chi connectivity index (χ4n) is 5.09. The van der Waals surface area contributed by atoms with E-state index in [9.17, 15) is 9.18 Å². The van der Waals surface area contributed by atoms with Gasteiger partial charge < -0.3 is 4.90 Å². The molecule has 1 aliphatic carbocycles. The SMILES string of the molecule is C=CCN1CCc2cc(C(=O)C3CCCCCCCCCC3)sc2-c2ccc(F)cc21. The summed E-state index contributed by atoms with van der Waals surface area (Å²) in [5, 5.41) is 0. The van der Waals surface area contributed by atoms with Crippen LogP contribution in [0.4, 0.5) is 10.1 Å². The fourth-order valence-corrected chi connectivity index (χ4v) is 6.36. The number of fused-ring (bicyclic) bond motifs is 3. The predicted molar refractivity (Wildman–Crippen MR) is 130 cm³/mol. The Morgan fingerprint density at radius 1 is 1.06 bits per heavy atom. The van der Waals surface area contributed by atoms with Gasteiger partial charge in [0.2, 0.25) is 0 Å². The summed E-state index contributed by atoms with van der Waals surface area (Å²) in [7, 11) is 0. The number of Topliss-reactive ketones (excluding diaryl/α,β-unsaturated/α-hetero) is 1. The summed E-state index contributed by atoms with van der Waals surface area (Å²) < 4.78 is 14.1. The second-order valence-corrected chi connectivity index (χ2v) is 10.1. The highest BCUT2D eigenvalue weighted by molar-refractivity contribution is 7.17. The first kappa shape index (κ1) is 22.3. The molecule has 0 atom stereocenters. The first-order valence-electron chi connectivity index (χ1n) is 12.0. The van der Waals surface area contributed by atoms with Crippen molar-refractivity contribution in [3.05, 3.63) is 53.2 Å². The van der Waals surface area contributed by atoms with Crippen molar-refractivity contribution < 1.29 is 9.18 Å². The molecule has 0 saturated heterocycles. The van der Waals surface area contributed by atoms with Crippen LogP contribution in [0.2, 0.25) is 0 Å². The Hall–Kier alpha value is -1.94. The molecule has 0 radical (unpaired) electrons. The van der Waals surface area contributed by atoms with E-state index in [0.717, 1.165) is 46.8 Å². The fraction of sp³-hybridized carbons (Fsp3) is 0.519. The monoisotopic (exact) mass is 439 g/mol. The van der Waals surface area contributed by atoms with E-state index in [2.05, 4.69) is 17.5 Å². The lowest BCUT2D eigenvalue weighted by Crippen LogP contribution is -2.25. The lowest BCUT2D eigenvalue weighted by molar-refractivity contribution is 0.0906. The van der Waals surface area contributed by atoms with Crippen LogP contribution in [0.3, 0.4) is 0 Å². The molecule has 2 aliphatic rings. The Bertz CT molecular complexity index is 906. The van der Waals surface area contributed by atoms with Crippen molar-refractivity contribution in [2.75, 3.05) is 18.0 Å². The normalized spacial score (nSPS) is 18.4. The summed E-state index contributed by atoms with van der Waals surface area (Å²) in [5.41, 5.74) is 3.18. The maximum Gasteiger partial charge on any atom is 0.175 e. The summed E-state index contributed by atoms with van der Waals surface area (Å²) in [4.78, 5) is 17.7. The van der Waals surface area contributed by atoms with Crippen molar-refractivity contribution in [1.82, 2.24) is 0 Å². The van der Waals surface area contributed by atoms with Gasteiger partial charge in [-0.25, -0.2) is 4.39 Å². The van der Waals surface area contributed by atoms with Crippen LogP contribution in [0.5, 0.6) is 0 Å². The molecule has 0 spiro atoms. The molecule has 0 bridgehead atoms. The first-order chi connectivity index (χ1) is 15.2. The molecule has 1 saturated carbocycles. The van der Waals surface area contributed by atoms with E-state index in [0.29, 0.717) is 12.3 Å². The lowest BCUT2D eigenvalue weighted by Gasteiger charge is -2.23. The largest absolute Gasteiger partial charge is 0.367 e. The molecule has 166 valence electrons. The average Bonchev–Trinajstić information content (AvgIpc) is 3.10. The third-order valence-corrected chi connectivity index (χ3v) is 8.05. The van der Waals surface area contributed by atoms with Gasteiger partial charge in [0.05, 0.1) is 4.88 Å². The lowest BCUT2D eigenvalue weighted by atomic mass is 9.90. The topological polar surface area (TPSA) is 20.3 Å². The Morgan fingerprint density at radius 2 is 1.74 bits per heavy atom. The number of carbonyl (C=O) groups is 1. The van der Waals surface area contributed by atoms with Gasteiger partial charge in [0.15, 0.2) is 5.78 Å². The van der Waals surface area contributed by atoms with Gasteiger partial charge in [-0.05, 0) is 49.1 Å². The van der Waals surface area contributed by atoms with Crippen LogP contribution in [0.25, 0.3) is 10.4 Å². The molecule has 31 heavy (non-hydrogen) atoms. The molecule has 0 amide bonds. The smallest absolute Gasteiger partial charge is 0.175 e. The maximum atomic E-state index is 14.1. The van der Waals surface area contributed by atoms with Gasteiger partial charge in [0, 0.05) is 35.1 Å². The van der Waals surface area contributed by atoms with Gasteiger partial charge in [-0.1, -0.05) is 57.4 Å². The highest BCUT2D eigenvalue weighted by Gasteiger charge is 2.27. The zero-order valence-corrected chi connectivity index (χ0v) is 19.3. The highest BCUT2D eigenvalue weighted by atomic mass is 32.1. The number of hydrogen-bond donors (Lipinski definition) is 0. The van der Waals surface area contributed by atoms with E-state index in [1.807, 2.05) is 12.1 Å². The van der Waals surface area contributed by atoms with E-state index in [-0.39, 0.29) is 11.7 Å². The minimum atomic E-state index is -0.221. The molecule has 1 aromatic carbocycles. The van der Waals surface area contributed by atoms with E-state index in [1.165, 1.54) is 63.0 Å². The molecule has 0 unspecified atom stereocenters. The minimum Gasteiger partial charge on any atom is -0.367 e. The second-order valence-electron chi connectivity index (χ2n) is 9.08. The van der Waals surface area contributed by atoms with Crippen molar-refractivity contribution in [2.24, 2.45) is 5.92 Å². The molecule has 1 aromatic heterocycles. The van der Waals surface area contributed by atoms with Crippen LogP contribution in [-0.4, -0.2) is 18.9 Å². The van der Waals surface area contributed by atoms with E-state index in [4.69, 9.17) is 0 Å². The van der Waals surface area contributed by atoms with Crippen molar-refractivity contribution in [2.45, 2.75) is 70.6 Å². The quantitative estimate of drug-likeness (QED) is 0.357. The molecular weight excluding hydrogens is 405 g/mol. The Labute approximate surface area is 190 Å². The number of anilines is 1. The number of benzene rings is 1. The van der Waals surface area contributed by atoms with Gasteiger partial charge in [0.1, 0.15) is 5.82 Å². The van der Waals surface area contributed by atoms with E-state index in [1.54, 1.807) is 17.4 Å². The maximum absolute atomic E-state index is 14.1. The van der Waals surface area contributed by atoms with Gasteiger partial charge in [-0.15, -0.1) is 17.9 Å². The molecule has 2 nitrogen and oxygen atoms in total. The number of ketones is 1. The molecule has 4 rings (SSSR count). The number of nitrogens with zero attached hydrogens (tertiary/aromatic N) is 1. The molecule has 2 aromatic rings. The van der Waals surface area contributed by atoms with Gasteiger partial charge >= 0.3 is 0 Å². The van der Waals surface area contributed by atoms with Gasteiger partial charge in [0.25, 0.3) is 0 Å². The van der Waals surface area contributed by atoms with E-state index >= 15 is 0 Å². The number of thiophene rings is 1. The van der Waals surface area contributed by atoms with Crippen LogP contribution < -0.4 is 4.90 Å². The molecule has 4 heteroatoms. The average molecular weight is 440 g/mol. The van der Waals surface area contributed by atoms with Crippen LogP contribution in [0.1, 0.15) is 79.4 Å². The number of rotatable bonds is 4. The zero-order valence-electron chi connectivity index (χ0n) is 18.5. The molecular formula is C27H34FNOS. The van der Waals surface area contributed by atoms with Crippen molar-refractivity contribution in [3.8, 4) is 10.4 Å².